The van der Waals surface area contributed by atoms with E-state index >= 15 is 0 Å². The Kier molecular flexibility index (Phi) is 6.06. The van der Waals surface area contributed by atoms with E-state index in [9.17, 15) is 9.59 Å². The molecule has 0 aliphatic rings. The molecule has 0 aliphatic carbocycles. The fraction of sp³-hybridized carbons (Fsp3) is 0.333. The Morgan fingerprint density at radius 2 is 2.00 bits per heavy atom. The standard InChI is InChI=1S/C12H14INO4/c1-18-12(17)10(7-8-15)14(13)11(16)9-5-3-2-4-6-9/h2-6,10,15H,7-8H2,1H3/t10-/m0/s1. The Morgan fingerprint density at radius 3 is 2.50 bits per heavy atom. The van der Waals surface area contributed by atoms with Crippen LogP contribution >= 0.6 is 22.9 Å². The molecule has 0 spiro atoms. The number of methoxy groups -OCH3 is 1. The molecular formula is C12H14INO4. The normalized spacial score (nSPS) is 11.7. The zero-order valence-electron chi connectivity index (χ0n) is 9.88. The second-order valence-corrected chi connectivity index (χ2v) is 4.57. The highest BCUT2D eigenvalue weighted by Crippen LogP contribution is 2.16. The van der Waals surface area contributed by atoms with Gasteiger partial charge in [0.2, 0.25) is 0 Å². The maximum Gasteiger partial charge on any atom is 0.329 e. The molecule has 0 saturated carbocycles. The van der Waals surface area contributed by atoms with Crippen molar-refractivity contribution in [3.05, 3.63) is 35.9 Å². The first-order valence-electron chi connectivity index (χ1n) is 5.35. The quantitative estimate of drug-likeness (QED) is 0.488. The average molecular weight is 363 g/mol. The van der Waals surface area contributed by atoms with Crippen molar-refractivity contribution in [1.29, 1.82) is 0 Å². The van der Waals surface area contributed by atoms with E-state index in [1.165, 1.54) is 10.2 Å². The predicted molar refractivity (Wildman–Crippen MR) is 74.1 cm³/mol. The maximum atomic E-state index is 12.1. The van der Waals surface area contributed by atoms with Gasteiger partial charge in [0.15, 0.2) is 0 Å². The van der Waals surface area contributed by atoms with Gasteiger partial charge in [-0.05, 0) is 12.1 Å². The van der Waals surface area contributed by atoms with E-state index in [1.807, 2.05) is 0 Å². The van der Waals surface area contributed by atoms with Crippen molar-refractivity contribution in [3.63, 3.8) is 0 Å². The molecule has 0 heterocycles. The van der Waals surface area contributed by atoms with Crippen molar-refractivity contribution < 1.29 is 19.4 Å². The van der Waals surface area contributed by atoms with Crippen LogP contribution in [-0.2, 0) is 9.53 Å². The van der Waals surface area contributed by atoms with Gasteiger partial charge in [-0.15, -0.1) is 0 Å². The maximum absolute atomic E-state index is 12.1. The van der Waals surface area contributed by atoms with Crippen LogP contribution in [-0.4, -0.2) is 39.9 Å². The number of ether oxygens (including phenoxy) is 1. The molecule has 18 heavy (non-hydrogen) atoms. The van der Waals surface area contributed by atoms with E-state index in [0.717, 1.165) is 0 Å². The highest BCUT2D eigenvalue weighted by atomic mass is 127. The van der Waals surface area contributed by atoms with E-state index < -0.39 is 12.0 Å². The number of aliphatic hydroxyl groups is 1. The van der Waals surface area contributed by atoms with Gasteiger partial charge in [-0.2, -0.15) is 0 Å². The smallest absolute Gasteiger partial charge is 0.329 e. The summed E-state index contributed by atoms with van der Waals surface area (Å²) in [5.74, 6) is -0.831. The molecule has 1 rings (SSSR count). The number of rotatable bonds is 5. The fourth-order valence-corrected chi connectivity index (χ4v) is 2.21. The third-order valence-electron chi connectivity index (χ3n) is 2.36. The minimum atomic E-state index is -0.784. The zero-order valence-corrected chi connectivity index (χ0v) is 12.0. The van der Waals surface area contributed by atoms with E-state index in [-0.39, 0.29) is 18.9 Å². The zero-order chi connectivity index (χ0) is 13.5. The lowest BCUT2D eigenvalue weighted by molar-refractivity contribution is -0.144. The number of esters is 1. The minimum absolute atomic E-state index is 0.147. The second kappa shape index (κ2) is 7.32. The number of halogens is 1. The van der Waals surface area contributed by atoms with Crippen molar-refractivity contribution in [1.82, 2.24) is 3.11 Å². The average Bonchev–Trinajstić information content (AvgIpc) is 2.43. The van der Waals surface area contributed by atoms with Crippen LogP contribution in [0, 0.1) is 0 Å². The van der Waals surface area contributed by atoms with Gasteiger partial charge in [0.1, 0.15) is 6.04 Å². The predicted octanol–water partition coefficient (Wildman–Crippen LogP) is 1.40. The number of hydrogen-bond acceptors (Lipinski definition) is 4. The lowest BCUT2D eigenvalue weighted by atomic mass is 10.1. The van der Waals surface area contributed by atoms with Crippen molar-refractivity contribution in [3.8, 4) is 0 Å². The van der Waals surface area contributed by atoms with E-state index in [0.29, 0.717) is 5.56 Å². The summed E-state index contributed by atoms with van der Waals surface area (Å²) in [6, 6.07) is 7.85. The van der Waals surface area contributed by atoms with Crippen molar-refractivity contribution in [2.75, 3.05) is 13.7 Å². The van der Waals surface area contributed by atoms with Crippen LogP contribution in [0.4, 0.5) is 0 Å². The Hall–Kier alpha value is -1.15. The third-order valence-corrected chi connectivity index (χ3v) is 3.47. The molecule has 0 unspecified atom stereocenters. The lowest BCUT2D eigenvalue weighted by Crippen LogP contribution is -2.39. The van der Waals surface area contributed by atoms with Gasteiger partial charge in [0.05, 0.1) is 30.0 Å². The van der Waals surface area contributed by atoms with Crippen LogP contribution in [0.25, 0.3) is 0 Å². The van der Waals surface area contributed by atoms with Crippen molar-refractivity contribution in [2.45, 2.75) is 12.5 Å². The Labute approximate surface area is 119 Å². The van der Waals surface area contributed by atoms with Crippen LogP contribution in [0.15, 0.2) is 30.3 Å². The van der Waals surface area contributed by atoms with Gasteiger partial charge in [-0.25, -0.2) is 4.79 Å². The van der Waals surface area contributed by atoms with Crippen molar-refractivity contribution in [2.24, 2.45) is 0 Å². The summed E-state index contributed by atoms with van der Waals surface area (Å²) in [5.41, 5.74) is 0.485. The summed E-state index contributed by atoms with van der Waals surface area (Å²) in [7, 11) is 1.25. The van der Waals surface area contributed by atoms with Crippen LogP contribution in [0.5, 0.6) is 0 Å². The van der Waals surface area contributed by atoms with Crippen LogP contribution < -0.4 is 0 Å². The second-order valence-electron chi connectivity index (χ2n) is 3.53. The summed E-state index contributed by atoms with van der Waals surface area (Å²) < 4.78 is 5.88. The van der Waals surface area contributed by atoms with Gasteiger partial charge in [0, 0.05) is 18.6 Å². The molecule has 0 fully saturated rings. The molecular weight excluding hydrogens is 349 g/mol. The van der Waals surface area contributed by atoms with Gasteiger partial charge >= 0.3 is 5.97 Å². The summed E-state index contributed by atoms with van der Waals surface area (Å²) in [5, 5.41) is 8.93. The molecule has 0 aromatic heterocycles. The SMILES string of the molecule is COC(=O)[C@H](CCO)N(I)C(=O)c1ccccc1. The Bertz CT molecular complexity index is 410. The Morgan fingerprint density at radius 1 is 1.39 bits per heavy atom. The summed E-state index contributed by atoms with van der Waals surface area (Å²) in [6.45, 7) is -0.193. The molecule has 0 bridgehead atoms. The molecule has 98 valence electrons. The first-order valence-corrected chi connectivity index (χ1v) is 6.31. The van der Waals surface area contributed by atoms with Crippen LogP contribution in [0.1, 0.15) is 16.8 Å². The Balaban J connectivity index is 2.86. The number of amides is 1. The number of benzene rings is 1. The number of aliphatic hydroxyl groups excluding tert-OH is 1. The lowest BCUT2D eigenvalue weighted by Gasteiger charge is -2.23. The molecule has 5 nitrogen and oxygen atoms in total. The van der Waals surface area contributed by atoms with Crippen LogP contribution in [0.3, 0.4) is 0 Å². The first kappa shape index (κ1) is 14.9. The largest absolute Gasteiger partial charge is 0.467 e. The van der Waals surface area contributed by atoms with Gasteiger partial charge in [0.25, 0.3) is 5.91 Å². The monoisotopic (exact) mass is 363 g/mol. The highest BCUT2D eigenvalue weighted by Gasteiger charge is 2.29. The minimum Gasteiger partial charge on any atom is -0.467 e. The summed E-state index contributed by atoms with van der Waals surface area (Å²) in [6.07, 6.45) is 0.147. The topological polar surface area (TPSA) is 66.8 Å². The van der Waals surface area contributed by atoms with Gasteiger partial charge < -0.3 is 9.84 Å². The molecule has 0 radical (unpaired) electrons. The molecule has 1 aromatic carbocycles. The van der Waals surface area contributed by atoms with E-state index in [2.05, 4.69) is 4.74 Å². The summed E-state index contributed by atoms with van der Waals surface area (Å²) in [4.78, 5) is 23.7. The van der Waals surface area contributed by atoms with E-state index in [4.69, 9.17) is 5.11 Å². The van der Waals surface area contributed by atoms with Crippen molar-refractivity contribution >= 4 is 34.7 Å². The third kappa shape index (κ3) is 3.67. The van der Waals surface area contributed by atoms with Crippen LogP contribution in [0.2, 0.25) is 0 Å². The highest BCUT2D eigenvalue weighted by molar-refractivity contribution is 14.1. The molecule has 1 N–H and O–H groups in total. The molecule has 0 saturated heterocycles. The van der Waals surface area contributed by atoms with Gasteiger partial charge in [-0.3, -0.25) is 7.91 Å². The first-order chi connectivity index (χ1) is 8.61. The molecule has 1 aromatic rings. The molecule has 0 aliphatic heterocycles. The number of nitrogens with zero attached hydrogens (tertiary/aromatic N) is 1. The number of hydrogen-bond donors (Lipinski definition) is 1. The molecule has 6 heteroatoms. The molecule has 1 atom stereocenters. The van der Waals surface area contributed by atoms with Gasteiger partial charge in [-0.1, -0.05) is 18.2 Å². The fourth-order valence-electron chi connectivity index (χ4n) is 1.43. The number of carbonyl (C=O) groups excluding carboxylic acids is 2. The van der Waals surface area contributed by atoms with E-state index in [1.54, 1.807) is 53.2 Å². The number of carbonyl (C=O) groups is 2. The summed E-state index contributed by atoms with van der Waals surface area (Å²) >= 11 is 1.77. The molecule has 1 amide bonds.